The Balaban J connectivity index is 1.59. The van der Waals surface area contributed by atoms with Crippen molar-refractivity contribution in [2.24, 2.45) is 5.92 Å². The van der Waals surface area contributed by atoms with Crippen molar-refractivity contribution in [3.63, 3.8) is 0 Å². The molecule has 1 aromatic rings. The summed E-state index contributed by atoms with van der Waals surface area (Å²) in [5.41, 5.74) is 1.06. The predicted octanol–water partition coefficient (Wildman–Crippen LogP) is 4.23. The van der Waals surface area contributed by atoms with Crippen LogP contribution >= 0.6 is 0 Å². The lowest BCUT2D eigenvalue weighted by Crippen LogP contribution is -2.41. The molecule has 1 aliphatic carbocycles. The Morgan fingerprint density at radius 1 is 1.10 bits per heavy atom. The molecule has 0 amide bonds. The molecule has 2 aliphatic rings. The molecule has 1 heterocycles. The summed E-state index contributed by atoms with van der Waals surface area (Å²) in [7, 11) is 0. The third-order valence-corrected chi connectivity index (χ3v) is 4.69. The Bertz CT molecular complexity index is 443. The fourth-order valence-corrected chi connectivity index (χ4v) is 3.51. The van der Waals surface area contributed by atoms with Gasteiger partial charge >= 0.3 is 0 Å². The van der Waals surface area contributed by atoms with Gasteiger partial charge in [-0.15, -0.1) is 0 Å². The van der Waals surface area contributed by atoms with Crippen LogP contribution in [0, 0.1) is 5.92 Å². The summed E-state index contributed by atoms with van der Waals surface area (Å²) in [6.45, 7) is 1.66. The van der Waals surface area contributed by atoms with Gasteiger partial charge in [0.2, 0.25) is 0 Å². The van der Waals surface area contributed by atoms with Crippen LogP contribution in [0.2, 0.25) is 0 Å². The van der Waals surface area contributed by atoms with Crippen molar-refractivity contribution in [2.75, 3.05) is 13.1 Å². The SMILES string of the molecule is FC(F)c1ccc(C2CNCC(CC3CCCC3)O2)cc1. The second-order valence-corrected chi connectivity index (χ2v) is 6.26. The number of nitrogens with one attached hydrogen (secondary N) is 1. The molecule has 1 aliphatic heterocycles. The molecule has 1 aromatic carbocycles. The first-order valence-corrected chi connectivity index (χ1v) is 7.96. The molecular formula is C17H23F2NO. The van der Waals surface area contributed by atoms with Gasteiger partial charge in [-0.25, -0.2) is 8.78 Å². The van der Waals surface area contributed by atoms with Crippen LogP contribution in [0.5, 0.6) is 0 Å². The van der Waals surface area contributed by atoms with Gasteiger partial charge in [0.05, 0.1) is 12.2 Å². The van der Waals surface area contributed by atoms with Crippen LogP contribution in [0.15, 0.2) is 24.3 Å². The van der Waals surface area contributed by atoms with E-state index < -0.39 is 6.43 Å². The van der Waals surface area contributed by atoms with Gasteiger partial charge in [-0.1, -0.05) is 49.9 Å². The number of hydrogen-bond acceptors (Lipinski definition) is 2. The van der Waals surface area contributed by atoms with Crippen LogP contribution in [-0.2, 0) is 4.74 Å². The number of hydrogen-bond donors (Lipinski definition) is 1. The molecule has 2 unspecified atom stereocenters. The van der Waals surface area contributed by atoms with E-state index in [1.165, 1.54) is 37.8 Å². The summed E-state index contributed by atoms with van der Waals surface area (Å²) in [5, 5.41) is 3.42. The topological polar surface area (TPSA) is 21.3 Å². The summed E-state index contributed by atoms with van der Waals surface area (Å²) < 4.78 is 31.4. The lowest BCUT2D eigenvalue weighted by Gasteiger charge is -2.32. The zero-order chi connectivity index (χ0) is 14.7. The van der Waals surface area contributed by atoms with E-state index in [9.17, 15) is 8.78 Å². The second-order valence-electron chi connectivity index (χ2n) is 6.26. The van der Waals surface area contributed by atoms with Crippen LogP contribution in [0.3, 0.4) is 0 Å². The minimum atomic E-state index is -2.40. The summed E-state index contributed by atoms with van der Waals surface area (Å²) in [6.07, 6.45) is 4.31. The van der Waals surface area contributed by atoms with Crippen molar-refractivity contribution in [2.45, 2.75) is 50.7 Å². The first-order valence-electron chi connectivity index (χ1n) is 7.96. The van der Waals surface area contributed by atoms with E-state index in [2.05, 4.69) is 5.32 Å². The molecule has 21 heavy (non-hydrogen) atoms. The van der Waals surface area contributed by atoms with E-state index in [0.29, 0.717) is 0 Å². The number of benzene rings is 1. The molecular weight excluding hydrogens is 272 g/mol. The zero-order valence-corrected chi connectivity index (χ0v) is 12.2. The van der Waals surface area contributed by atoms with Crippen LogP contribution in [0.1, 0.15) is 55.8 Å². The highest BCUT2D eigenvalue weighted by Gasteiger charge is 2.27. The zero-order valence-electron chi connectivity index (χ0n) is 12.2. The number of alkyl halides is 2. The molecule has 0 bridgehead atoms. The smallest absolute Gasteiger partial charge is 0.263 e. The second kappa shape index (κ2) is 6.84. The molecule has 1 saturated heterocycles. The largest absolute Gasteiger partial charge is 0.368 e. The Labute approximate surface area is 124 Å². The number of rotatable bonds is 4. The van der Waals surface area contributed by atoms with E-state index in [-0.39, 0.29) is 17.8 Å². The van der Waals surface area contributed by atoms with E-state index >= 15 is 0 Å². The average molecular weight is 295 g/mol. The van der Waals surface area contributed by atoms with Gasteiger partial charge in [-0.3, -0.25) is 0 Å². The maximum Gasteiger partial charge on any atom is 0.263 e. The quantitative estimate of drug-likeness (QED) is 0.897. The van der Waals surface area contributed by atoms with E-state index in [1.54, 1.807) is 12.1 Å². The van der Waals surface area contributed by atoms with Crippen LogP contribution in [-0.4, -0.2) is 19.2 Å². The summed E-state index contributed by atoms with van der Waals surface area (Å²) in [6, 6.07) is 6.55. The molecule has 4 heteroatoms. The molecule has 2 fully saturated rings. The summed E-state index contributed by atoms with van der Waals surface area (Å²) >= 11 is 0. The van der Waals surface area contributed by atoms with Crippen molar-refractivity contribution in [1.29, 1.82) is 0 Å². The predicted molar refractivity (Wildman–Crippen MR) is 78.5 cm³/mol. The van der Waals surface area contributed by atoms with Gasteiger partial charge in [0.15, 0.2) is 0 Å². The molecule has 2 nitrogen and oxygen atoms in total. The van der Waals surface area contributed by atoms with E-state index in [4.69, 9.17) is 4.74 Å². The monoisotopic (exact) mass is 295 g/mol. The lowest BCUT2D eigenvalue weighted by atomic mass is 9.98. The minimum absolute atomic E-state index is 0.0168. The fourth-order valence-electron chi connectivity index (χ4n) is 3.51. The number of halogens is 2. The molecule has 116 valence electrons. The average Bonchev–Trinajstić information content (AvgIpc) is 3.00. The van der Waals surface area contributed by atoms with Gasteiger partial charge in [0.25, 0.3) is 6.43 Å². The highest BCUT2D eigenvalue weighted by Crippen LogP contribution is 2.32. The fraction of sp³-hybridized carbons (Fsp3) is 0.647. The third kappa shape index (κ3) is 3.80. The van der Waals surface area contributed by atoms with Crippen LogP contribution in [0.25, 0.3) is 0 Å². The van der Waals surface area contributed by atoms with Crippen molar-refractivity contribution >= 4 is 0 Å². The number of ether oxygens (including phenoxy) is 1. The molecule has 2 atom stereocenters. The Morgan fingerprint density at radius 3 is 2.48 bits per heavy atom. The molecule has 3 rings (SSSR count). The standard InChI is InChI=1S/C17H23F2NO/c18-17(19)14-7-5-13(6-8-14)16-11-20-10-15(21-16)9-12-3-1-2-4-12/h5-8,12,15-17,20H,1-4,9-11H2. The van der Waals surface area contributed by atoms with Crippen molar-refractivity contribution in [3.8, 4) is 0 Å². The van der Waals surface area contributed by atoms with E-state index in [0.717, 1.165) is 31.0 Å². The van der Waals surface area contributed by atoms with Crippen molar-refractivity contribution in [3.05, 3.63) is 35.4 Å². The maximum absolute atomic E-state index is 12.6. The number of morpholine rings is 1. The molecule has 0 spiro atoms. The molecule has 1 saturated carbocycles. The van der Waals surface area contributed by atoms with Gasteiger partial charge in [0, 0.05) is 18.7 Å². The highest BCUT2D eigenvalue weighted by molar-refractivity contribution is 5.25. The van der Waals surface area contributed by atoms with Gasteiger partial charge in [-0.2, -0.15) is 0 Å². The Morgan fingerprint density at radius 2 is 1.81 bits per heavy atom. The molecule has 0 aromatic heterocycles. The minimum Gasteiger partial charge on any atom is -0.368 e. The van der Waals surface area contributed by atoms with Crippen LogP contribution < -0.4 is 5.32 Å². The van der Waals surface area contributed by atoms with Gasteiger partial charge in [-0.05, 0) is 17.9 Å². The van der Waals surface area contributed by atoms with Crippen molar-refractivity contribution in [1.82, 2.24) is 5.32 Å². The Kier molecular flexibility index (Phi) is 4.86. The lowest BCUT2D eigenvalue weighted by molar-refractivity contribution is -0.0489. The third-order valence-electron chi connectivity index (χ3n) is 4.69. The van der Waals surface area contributed by atoms with Gasteiger partial charge in [0.1, 0.15) is 0 Å². The first-order chi connectivity index (χ1) is 10.2. The van der Waals surface area contributed by atoms with E-state index in [1.807, 2.05) is 0 Å². The summed E-state index contributed by atoms with van der Waals surface area (Å²) in [5.74, 6) is 0.803. The van der Waals surface area contributed by atoms with Crippen LogP contribution in [0.4, 0.5) is 8.78 Å². The normalized spacial score (nSPS) is 27.4. The summed E-state index contributed by atoms with van der Waals surface area (Å²) in [4.78, 5) is 0. The maximum atomic E-state index is 12.6. The Hall–Kier alpha value is -1.00. The molecule has 0 radical (unpaired) electrons. The van der Waals surface area contributed by atoms with Crippen molar-refractivity contribution < 1.29 is 13.5 Å². The van der Waals surface area contributed by atoms with Gasteiger partial charge < -0.3 is 10.1 Å². The highest BCUT2D eigenvalue weighted by atomic mass is 19.3. The molecule has 1 N–H and O–H groups in total. The first kappa shape index (κ1) is 14.9.